The van der Waals surface area contributed by atoms with Crippen LogP contribution in [0.25, 0.3) is 0 Å². The number of hydrogen-bond donors (Lipinski definition) is 1. The van der Waals surface area contributed by atoms with Crippen LogP contribution < -0.4 is 5.32 Å². The Balaban J connectivity index is 1.74. The molecule has 0 aliphatic carbocycles. The van der Waals surface area contributed by atoms with E-state index >= 15 is 0 Å². The molecule has 2 unspecified atom stereocenters. The van der Waals surface area contributed by atoms with Gasteiger partial charge in [-0.15, -0.1) is 0 Å². The Bertz CT molecular complexity index is 823. The number of amides is 1. The number of carbonyl (C=O) groups is 1. The SMILES string of the molecule is Cc1cccc(C2CC(C(=O)NCCN(C)C)CN(Cc3cccc(F)c3)C2)c1. The molecule has 4 nitrogen and oxygen atoms in total. The summed E-state index contributed by atoms with van der Waals surface area (Å²) in [6.07, 6.45) is 0.844. The number of halogens is 1. The highest BCUT2D eigenvalue weighted by Crippen LogP contribution is 2.31. The van der Waals surface area contributed by atoms with Crippen LogP contribution in [0.2, 0.25) is 0 Å². The fraction of sp³-hybridized carbons (Fsp3) is 0.458. The number of likely N-dealkylation sites (tertiary alicyclic amines) is 1. The van der Waals surface area contributed by atoms with E-state index in [0.29, 0.717) is 25.6 Å². The van der Waals surface area contributed by atoms with Gasteiger partial charge < -0.3 is 10.2 Å². The molecule has 2 atom stereocenters. The topological polar surface area (TPSA) is 35.6 Å². The summed E-state index contributed by atoms with van der Waals surface area (Å²) in [4.78, 5) is 17.2. The molecule has 0 bridgehead atoms. The van der Waals surface area contributed by atoms with Gasteiger partial charge in [-0.05, 0) is 56.6 Å². The van der Waals surface area contributed by atoms with Crippen LogP contribution in [0.4, 0.5) is 4.39 Å². The van der Waals surface area contributed by atoms with E-state index in [1.54, 1.807) is 12.1 Å². The van der Waals surface area contributed by atoms with Crippen LogP contribution in [0.3, 0.4) is 0 Å². The average Bonchev–Trinajstić information content (AvgIpc) is 2.67. The third-order valence-corrected chi connectivity index (χ3v) is 5.56. The first kappa shape index (κ1) is 21.5. The fourth-order valence-corrected chi connectivity index (χ4v) is 4.12. The second kappa shape index (κ2) is 9.99. The van der Waals surface area contributed by atoms with Crippen molar-refractivity contribution in [1.29, 1.82) is 0 Å². The monoisotopic (exact) mass is 397 g/mol. The predicted molar refractivity (Wildman–Crippen MR) is 115 cm³/mol. The Labute approximate surface area is 173 Å². The molecular weight excluding hydrogens is 365 g/mol. The molecule has 29 heavy (non-hydrogen) atoms. The largest absolute Gasteiger partial charge is 0.355 e. The zero-order chi connectivity index (χ0) is 20.8. The Morgan fingerprint density at radius 3 is 2.69 bits per heavy atom. The molecule has 1 fully saturated rings. The Morgan fingerprint density at radius 1 is 1.17 bits per heavy atom. The number of likely N-dealkylation sites (N-methyl/N-ethyl adjacent to an activating group) is 1. The molecule has 1 heterocycles. The summed E-state index contributed by atoms with van der Waals surface area (Å²) in [7, 11) is 4.00. The first-order valence-electron chi connectivity index (χ1n) is 10.4. The quantitative estimate of drug-likeness (QED) is 0.778. The molecule has 3 rings (SSSR count). The summed E-state index contributed by atoms with van der Waals surface area (Å²) in [5, 5.41) is 3.09. The van der Waals surface area contributed by atoms with E-state index in [9.17, 15) is 9.18 Å². The lowest BCUT2D eigenvalue weighted by Crippen LogP contribution is -2.46. The van der Waals surface area contributed by atoms with Crippen molar-refractivity contribution in [2.75, 3.05) is 40.3 Å². The third-order valence-electron chi connectivity index (χ3n) is 5.56. The molecule has 0 saturated carbocycles. The minimum absolute atomic E-state index is 0.0648. The van der Waals surface area contributed by atoms with Crippen molar-refractivity contribution in [3.8, 4) is 0 Å². The Hall–Kier alpha value is -2.24. The second-order valence-corrected chi connectivity index (χ2v) is 8.46. The van der Waals surface area contributed by atoms with Gasteiger partial charge in [0, 0.05) is 32.7 Å². The van der Waals surface area contributed by atoms with Crippen LogP contribution in [0, 0.1) is 18.7 Å². The molecule has 2 aromatic carbocycles. The van der Waals surface area contributed by atoms with E-state index in [-0.39, 0.29) is 17.6 Å². The van der Waals surface area contributed by atoms with Gasteiger partial charge in [-0.2, -0.15) is 0 Å². The molecule has 1 saturated heterocycles. The predicted octanol–water partition coefficient (Wildman–Crippen LogP) is 3.42. The highest BCUT2D eigenvalue weighted by atomic mass is 19.1. The van der Waals surface area contributed by atoms with Crippen LogP contribution in [-0.2, 0) is 11.3 Å². The fourth-order valence-electron chi connectivity index (χ4n) is 4.12. The van der Waals surface area contributed by atoms with E-state index in [1.165, 1.54) is 17.2 Å². The minimum Gasteiger partial charge on any atom is -0.355 e. The molecule has 0 aromatic heterocycles. The molecule has 1 aliphatic heterocycles. The van der Waals surface area contributed by atoms with Crippen molar-refractivity contribution in [3.05, 3.63) is 71.0 Å². The second-order valence-electron chi connectivity index (χ2n) is 8.46. The van der Waals surface area contributed by atoms with Gasteiger partial charge in [0.1, 0.15) is 5.82 Å². The van der Waals surface area contributed by atoms with Gasteiger partial charge in [0.05, 0.1) is 5.92 Å². The first-order chi connectivity index (χ1) is 13.9. The summed E-state index contributed by atoms with van der Waals surface area (Å²) in [6.45, 7) is 5.81. The molecule has 1 amide bonds. The highest BCUT2D eigenvalue weighted by Gasteiger charge is 2.32. The van der Waals surface area contributed by atoms with E-state index in [4.69, 9.17) is 0 Å². The normalized spacial score (nSPS) is 20.0. The van der Waals surface area contributed by atoms with Gasteiger partial charge in [-0.25, -0.2) is 4.39 Å². The highest BCUT2D eigenvalue weighted by molar-refractivity contribution is 5.79. The van der Waals surface area contributed by atoms with Crippen LogP contribution in [0.5, 0.6) is 0 Å². The Morgan fingerprint density at radius 2 is 1.97 bits per heavy atom. The number of rotatable bonds is 7. The summed E-state index contributed by atoms with van der Waals surface area (Å²) in [5.74, 6) is 0.132. The number of benzene rings is 2. The van der Waals surface area contributed by atoms with Gasteiger partial charge in [0.2, 0.25) is 5.91 Å². The van der Waals surface area contributed by atoms with Crippen molar-refractivity contribution >= 4 is 5.91 Å². The van der Waals surface area contributed by atoms with Gasteiger partial charge in [-0.1, -0.05) is 42.0 Å². The van der Waals surface area contributed by atoms with Crippen molar-refractivity contribution < 1.29 is 9.18 Å². The van der Waals surface area contributed by atoms with Gasteiger partial charge in [0.25, 0.3) is 0 Å². The van der Waals surface area contributed by atoms with Crippen molar-refractivity contribution in [2.24, 2.45) is 5.92 Å². The van der Waals surface area contributed by atoms with Crippen LogP contribution in [-0.4, -0.2) is 56.0 Å². The number of nitrogens with zero attached hydrogens (tertiary/aromatic N) is 2. The summed E-state index contributed by atoms with van der Waals surface area (Å²) in [6, 6.07) is 15.3. The number of piperidine rings is 1. The van der Waals surface area contributed by atoms with Gasteiger partial charge >= 0.3 is 0 Å². The first-order valence-corrected chi connectivity index (χ1v) is 10.4. The molecule has 1 aliphatic rings. The molecule has 0 spiro atoms. The molecule has 5 heteroatoms. The molecular formula is C24H32FN3O. The van der Waals surface area contributed by atoms with Crippen molar-refractivity contribution in [1.82, 2.24) is 15.1 Å². The van der Waals surface area contributed by atoms with Gasteiger partial charge in [0.15, 0.2) is 0 Å². The zero-order valence-electron chi connectivity index (χ0n) is 17.7. The van der Waals surface area contributed by atoms with E-state index in [2.05, 4.69) is 46.3 Å². The minimum atomic E-state index is -0.215. The lowest BCUT2D eigenvalue weighted by Gasteiger charge is -2.37. The molecule has 0 radical (unpaired) electrons. The van der Waals surface area contributed by atoms with E-state index in [0.717, 1.165) is 25.1 Å². The summed E-state index contributed by atoms with van der Waals surface area (Å²) < 4.78 is 13.6. The van der Waals surface area contributed by atoms with E-state index < -0.39 is 0 Å². The lowest BCUT2D eigenvalue weighted by molar-refractivity contribution is -0.127. The maximum Gasteiger partial charge on any atom is 0.224 e. The van der Waals surface area contributed by atoms with Gasteiger partial charge in [-0.3, -0.25) is 9.69 Å². The molecule has 1 N–H and O–H groups in total. The van der Waals surface area contributed by atoms with Crippen molar-refractivity contribution in [2.45, 2.75) is 25.8 Å². The smallest absolute Gasteiger partial charge is 0.224 e. The zero-order valence-corrected chi connectivity index (χ0v) is 17.7. The maximum atomic E-state index is 13.6. The van der Waals surface area contributed by atoms with Crippen LogP contribution >= 0.6 is 0 Å². The Kier molecular flexibility index (Phi) is 7.40. The van der Waals surface area contributed by atoms with Crippen LogP contribution in [0.1, 0.15) is 29.0 Å². The standard InChI is InChI=1S/C24H32FN3O/c1-18-6-4-8-20(12-18)21-14-22(24(29)26-10-11-27(2)3)17-28(16-21)15-19-7-5-9-23(25)13-19/h4-9,12-13,21-22H,10-11,14-17H2,1-3H3,(H,26,29). The number of carbonyl (C=O) groups excluding carboxylic acids is 1. The molecule has 2 aromatic rings. The van der Waals surface area contributed by atoms with E-state index in [1.807, 2.05) is 20.2 Å². The van der Waals surface area contributed by atoms with Crippen molar-refractivity contribution in [3.63, 3.8) is 0 Å². The lowest BCUT2D eigenvalue weighted by atomic mass is 9.83. The number of aryl methyl sites for hydroxylation is 1. The number of nitrogens with one attached hydrogen (secondary N) is 1. The molecule has 156 valence electrons. The average molecular weight is 398 g/mol. The number of hydrogen-bond acceptors (Lipinski definition) is 3. The summed E-state index contributed by atoms with van der Waals surface area (Å²) >= 11 is 0. The third kappa shape index (κ3) is 6.38. The van der Waals surface area contributed by atoms with Crippen LogP contribution in [0.15, 0.2) is 48.5 Å². The maximum absolute atomic E-state index is 13.6. The summed E-state index contributed by atoms with van der Waals surface area (Å²) in [5.41, 5.74) is 3.46.